The van der Waals surface area contributed by atoms with Crippen LogP contribution in [-0.4, -0.2) is 46.6 Å². The number of carboxylic acids is 1. The van der Waals surface area contributed by atoms with Gasteiger partial charge in [0.05, 0.1) is 6.54 Å². The first kappa shape index (κ1) is 13.2. The number of hydrogen-bond donors (Lipinski definition) is 2. The lowest BCUT2D eigenvalue weighted by molar-refractivity contribution is -0.136. The van der Waals surface area contributed by atoms with Crippen LogP contribution in [0, 0.1) is 12.8 Å². The summed E-state index contributed by atoms with van der Waals surface area (Å²) in [5, 5.41) is 12.5. The van der Waals surface area contributed by atoms with Crippen molar-refractivity contribution in [2.75, 3.05) is 31.1 Å². The smallest absolute Gasteiger partial charge is 0.317 e. The van der Waals surface area contributed by atoms with Crippen molar-refractivity contribution in [3.05, 3.63) is 5.82 Å². The fourth-order valence-electron chi connectivity index (χ4n) is 2.20. The Morgan fingerprint density at radius 3 is 3.17 bits per heavy atom. The lowest BCUT2D eigenvalue weighted by Gasteiger charge is -2.32. The molecule has 0 saturated carbocycles. The fraction of sp³-hybridized carbons (Fsp3) is 0.727. The predicted molar refractivity (Wildman–Crippen MR) is 70.1 cm³/mol. The molecule has 0 radical (unpaired) electrons. The van der Waals surface area contributed by atoms with E-state index in [1.807, 2.05) is 6.92 Å². The third-order valence-electron chi connectivity index (χ3n) is 3.02. The zero-order chi connectivity index (χ0) is 13.0. The summed E-state index contributed by atoms with van der Waals surface area (Å²) in [5.41, 5.74) is 0. The molecule has 2 rings (SSSR count). The number of aryl methyl sites for hydroxylation is 1. The average molecular weight is 270 g/mol. The van der Waals surface area contributed by atoms with Crippen LogP contribution in [-0.2, 0) is 4.79 Å². The van der Waals surface area contributed by atoms with Crippen molar-refractivity contribution >= 4 is 22.6 Å². The summed E-state index contributed by atoms with van der Waals surface area (Å²) in [5.74, 6) is 0.505. The van der Waals surface area contributed by atoms with Crippen LogP contribution in [0.15, 0.2) is 0 Å². The lowest BCUT2D eigenvalue weighted by Crippen LogP contribution is -2.40. The highest BCUT2D eigenvalue weighted by atomic mass is 32.1. The van der Waals surface area contributed by atoms with Gasteiger partial charge in [0.15, 0.2) is 0 Å². The van der Waals surface area contributed by atoms with E-state index < -0.39 is 5.97 Å². The van der Waals surface area contributed by atoms with Gasteiger partial charge in [-0.25, -0.2) is 4.98 Å². The van der Waals surface area contributed by atoms with Crippen molar-refractivity contribution in [1.82, 2.24) is 14.7 Å². The van der Waals surface area contributed by atoms with Gasteiger partial charge < -0.3 is 15.3 Å². The molecule has 1 aliphatic rings. The molecule has 0 aliphatic carbocycles. The van der Waals surface area contributed by atoms with Gasteiger partial charge in [-0.2, -0.15) is 4.37 Å². The summed E-state index contributed by atoms with van der Waals surface area (Å²) in [6.45, 7) is 4.64. The van der Waals surface area contributed by atoms with Gasteiger partial charge in [0, 0.05) is 31.2 Å². The van der Waals surface area contributed by atoms with Crippen LogP contribution in [0.25, 0.3) is 0 Å². The van der Waals surface area contributed by atoms with Gasteiger partial charge in [-0.1, -0.05) is 0 Å². The molecule has 0 spiro atoms. The molecule has 0 amide bonds. The summed E-state index contributed by atoms with van der Waals surface area (Å²) < 4.78 is 4.20. The van der Waals surface area contributed by atoms with Gasteiger partial charge in [0.1, 0.15) is 5.82 Å². The van der Waals surface area contributed by atoms with Crippen LogP contribution in [0.4, 0.5) is 5.13 Å². The topological polar surface area (TPSA) is 78.4 Å². The number of hydrogen-bond acceptors (Lipinski definition) is 6. The Balaban J connectivity index is 1.83. The first-order valence-corrected chi connectivity index (χ1v) is 6.90. The summed E-state index contributed by atoms with van der Waals surface area (Å²) in [4.78, 5) is 17.1. The number of aromatic nitrogens is 2. The summed E-state index contributed by atoms with van der Waals surface area (Å²) >= 11 is 1.44. The number of carboxylic acid groups (broad SMARTS) is 1. The number of anilines is 1. The van der Waals surface area contributed by atoms with Crippen LogP contribution >= 0.6 is 11.5 Å². The van der Waals surface area contributed by atoms with Crippen LogP contribution in [0.3, 0.4) is 0 Å². The molecule has 100 valence electrons. The van der Waals surface area contributed by atoms with Gasteiger partial charge in [-0.05, 0) is 25.7 Å². The van der Waals surface area contributed by atoms with E-state index in [1.165, 1.54) is 11.5 Å². The van der Waals surface area contributed by atoms with Crippen molar-refractivity contribution in [1.29, 1.82) is 0 Å². The van der Waals surface area contributed by atoms with Crippen LogP contribution < -0.4 is 10.2 Å². The Morgan fingerprint density at radius 1 is 1.67 bits per heavy atom. The molecule has 1 aromatic heterocycles. The second kappa shape index (κ2) is 6.10. The molecule has 7 heteroatoms. The molecule has 1 atom stereocenters. The van der Waals surface area contributed by atoms with Crippen molar-refractivity contribution in [3.8, 4) is 0 Å². The summed E-state index contributed by atoms with van der Waals surface area (Å²) in [7, 11) is 0. The number of nitrogens with one attached hydrogen (secondary N) is 1. The molecule has 0 aromatic carbocycles. The van der Waals surface area contributed by atoms with Crippen molar-refractivity contribution < 1.29 is 9.90 Å². The van der Waals surface area contributed by atoms with Crippen molar-refractivity contribution in [2.24, 2.45) is 5.92 Å². The zero-order valence-electron chi connectivity index (χ0n) is 10.4. The van der Waals surface area contributed by atoms with E-state index >= 15 is 0 Å². The van der Waals surface area contributed by atoms with Gasteiger partial charge >= 0.3 is 5.97 Å². The quantitative estimate of drug-likeness (QED) is 0.821. The number of piperidine rings is 1. The van der Waals surface area contributed by atoms with Crippen molar-refractivity contribution in [3.63, 3.8) is 0 Å². The monoisotopic (exact) mass is 270 g/mol. The molecule has 0 bridgehead atoms. The van der Waals surface area contributed by atoms with E-state index in [0.29, 0.717) is 5.92 Å². The van der Waals surface area contributed by atoms with Crippen molar-refractivity contribution in [2.45, 2.75) is 19.8 Å². The molecule has 1 aliphatic heterocycles. The number of carbonyl (C=O) groups is 1. The molecule has 18 heavy (non-hydrogen) atoms. The second-order valence-electron chi connectivity index (χ2n) is 4.60. The lowest BCUT2D eigenvalue weighted by atomic mass is 9.98. The highest BCUT2D eigenvalue weighted by Crippen LogP contribution is 2.24. The van der Waals surface area contributed by atoms with E-state index in [9.17, 15) is 4.79 Å². The van der Waals surface area contributed by atoms with E-state index in [1.54, 1.807) is 0 Å². The first-order chi connectivity index (χ1) is 8.65. The van der Waals surface area contributed by atoms with Crippen LogP contribution in [0.1, 0.15) is 18.7 Å². The molecule has 1 saturated heterocycles. The first-order valence-electron chi connectivity index (χ1n) is 6.13. The molecule has 6 nitrogen and oxygen atoms in total. The minimum Gasteiger partial charge on any atom is -0.480 e. The largest absolute Gasteiger partial charge is 0.480 e. The molecular formula is C11H18N4O2S. The maximum absolute atomic E-state index is 10.4. The van der Waals surface area contributed by atoms with E-state index in [4.69, 9.17) is 5.11 Å². The highest BCUT2D eigenvalue weighted by Gasteiger charge is 2.22. The van der Waals surface area contributed by atoms with Gasteiger partial charge in [0.25, 0.3) is 0 Å². The summed E-state index contributed by atoms with van der Waals surface area (Å²) in [6, 6.07) is 0. The third kappa shape index (κ3) is 3.64. The number of rotatable bonds is 5. The zero-order valence-corrected chi connectivity index (χ0v) is 11.2. The Hall–Kier alpha value is -1.21. The maximum atomic E-state index is 10.4. The van der Waals surface area contributed by atoms with E-state index in [-0.39, 0.29) is 6.54 Å². The van der Waals surface area contributed by atoms with Gasteiger partial charge in [0.2, 0.25) is 5.13 Å². The number of aliphatic carboxylic acids is 1. The van der Waals surface area contributed by atoms with Gasteiger partial charge in [-0.15, -0.1) is 0 Å². The van der Waals surface area contributed by atoms with Crippen LogP contribution in [0.2, 0.25) is 0 Å². The predicted octanol–water partition coefficient (Wildman–Crippen LogP) is 0.737. The minimum absolute atomic E-state index is 0.0361. The third-order valence-corrected chi connectivity index (χ3v) is 3.88. The molecule has 1 aromatic rings. The fourth-order valence-corrected chi connectivity index (χ4v) is 2.91. The molecule has 2 heterocycles. The molecule has 1 unspecified atom stereocenters. The Bertz CT molecular complexity index is 410. The minimum atomic E-state index is -0.803. The molecular weight excluding hydrogens is 252 g/mol. The average Bonchev–Trinajstić information content (AvgIpc) is 2.76. The van der Waals surface area contributed by atoms with E-state index in [2.05, 4.69) is 19.6 Å². The van der Waals surface area contributed by atoms with Gasteiger partial charge in [-0.3, -0.25) is 4.79 Å². The normalized spacial score (nSPS) is 20.1. The Labute approximate surface area is 110 Å². The SMILES string of the molecule is Cc1nsc(N2CCCC(CNCC(=O)O)C2)n1. The second-order valence-corrected chi connectivity index (χ2v) is 5.33. The van der Waals surface area contributed by atoms with Crippen LogP contribution in [0.5, 0.6) is 0 Å². The molecule has 1 fully saturated rings. The Kier molecular flexibility index (Phi) is 4.48. The maximum Gasteiger partial charge on any atom is 0.317 e. The summed E-state index contributed by atoms with van der Waals surface area (Å²) in [6.07, 6.45) is 2.26. The Morgan fingerprint density at radius 2 is 2.50 bits per heavy atom. The molecule has 2 N–H and O–H groups in total. The van der Waals surface area contributed by atoms with E-state index in [0.717, 1.165) is 43.4 Å². The standard InChI is InChI=1S/C11H18N4O2S/c1-8-13-11(18-14-8)15-4-2-3-9(7-15)5-12-6-10(16)17/h9,12H,2-7H2,1H3,(H,16,17). The highest BCUT2D eigenvalue weighted by molar-refractivity contribution is 7.09. The number of nitrogens with zero attached hydrogens (tertiary/aromatic N) is 3.